The van der Waals surface area contributed by atoms with Crippen molar-refractivity contribution >= 4 is 5.82 Å². The first kappa shape index (κ1) is 14.8. The summed E-state index contributed by atoms with van der Waals surface area (Å²) in [4.78, 5) is 4.05. The number of pyridine rings is 1. The quantitative estimate of drug-likeness (QED) is 0.354. The maximum absolute atomic E-state index is 5.81. The third-order valence-electron chi connectivity index (χ3n) is 2.57. The van der Waals surface area contributed by atoms with Crippen LogP contribution in [0, 0.1) is 0 Å². The lowest BCUT2D eigenvalue weighted by molar-refractivity contribution is -0.153. The Morgan fingerprint density at radius 3 is 2.50 bits per heavy atom. The molecule has 5 N–H and O–H groups in total. The minimum atomic E-state index is -0.399. The lowest BCUT2D eigenvalue weighted by atomic mass is 10.1. The molecule has 1 aromatic heterocycles. The second kappa shape index (κ2) is 7.99. The highest BCUT2D eigenvalue weighted by Gasteiger charge is 2.22. The zero-order valence-corrected chi connectivity index (χ0v) is 10.9. The highest BCUT2D eigenvalue weighted by atomic mass is 16.7. The average Bonchev–Trinajstić information content (AvgIpc) is 2.38. The molecule has 0 saturated carbocycles. The first-order valence-electron chi connectivity index (χ1n) is 6.11. The molecule has 0 aliphatic rings. The summed E-state index contributed by atoms with van der Waals surface area (Å²) in [5.41, 5.74) is 9.45. The number of anilines is 1. The molecule has 1 aromatic rings. The van der Waals surface area contributed by atoms with Gasteiger partial charge in [-0.3, -0.25) is 11.3 Å². The van der Waals surface area contributed by atoms with Gasteiger partial charge in [-0.1, -0.05) is 6.07 Å². The Morgan fingerprint density at radius 1 is 1.33 bits per heavy atom. The van der Waals surface area contributed by atoms with Crippen LogP contribution in [-0.4, -0.2) is 30.5 Å². The standard InChI is InChI=1S/C12H22N4O2/c1-3-17-12(18-4-2)10(16-14)8-9-6-5-7-15-11(9)13/h5-7,10,12,16H,3-4,8,14H2,1-2H3,(H2,13,15). The Hall–Kier alpha value is -1.21. The molecule has 0 amide bonds. The van der Waals surface area contributed by atoms with Crippen molar-refractivity contribution in [2.75, 3.05) is 18.9 Å². The molecule has 0 aliphatic carbocycles. The van der Waals surface area contributed by atoms with Gasteiger partial charge in [0.25, 0.3) is 0 Å². The van der Waals surface area contributed by atoms with Crippen molar-refractivity contribution in [3.05, 3.63) is 23.9 Å². The van der Waals surface area contributed by atoms with Gasteiger partial charge in [0.15, 0.2) is 6.29 Å². The minimum absolute atomic E-state index is 0.170. The van der Waals surface area contributed by atoms with E-state index in [9.17, 15) is 0 Å². The summed E-state index contributed by atoms with van der Waals surface area (Å²) in [5, 5.41) is 0. The van der Waals surface area contributed by atoms with Crippen LogP contribution >= 0.6 is 0 Å². The van der Waals surface area contributed by atoms with Crippen molar-refractivity contribution in [1.82, 2.24) is 10.4 Å². The van der Waals surface area contributed by atoms with Gasteiger partial charge in [-0.15, -0.1) is 0 Å². The van der Waals surface area contributed by atoms with Gasteiger partial charge in [0.05, 0.1) is 6.04 Å². The van der Waals surface area contributed by atoms with Gasteiger partial charge in [0, 0.05) is 19.4 Å². The fourth-order valence-corrected chi connectivity index (χ4v) is 1.70. The third kappa shape index (κ3) is 4.23. The summed E-state index contributed by atoms with van der Waals surface area (Å²) >= 11 is 0. The van der Waals surface area contributed by atoms with Crippen LogP contribution in [0.25, 0.3) is 0 Å². The number of nitrogens with one attached hydrogen (secondary N) is 1. The van der Waals surface area contributed by atoms with Crippen molar-refractivity contribution in [1.29, 1.82) is 0 Å². The van der Waals surface area contributed by atoms with Crippen LogP contribution < -0.4 is 17.0 Å². The van der Waals surface area contributed by atoms with E-state index < -0.39 is 6.29 Å². The van der Waals surface area contributed by atoms with Crippen molar-refractivity contribution in [3.63, 3.8) is 0 Å². The van der Waals surface area contributed by atoms with Gasteiger partial charge < -0.3 is 15.2 Å². The summed E-state index contributed by atoms with van der Waals surface area (Å²) < 4.78 is 11.0. The Balaban J connectivity index is 2.73. The number of nitrogens with zero attached hydrogens (tertiary/aromatic N) is 1. The molecule has 6 nitrogen and oxygen atoms in total. The summed E-state index contributed by atoms with van der Waals surface area (Å²) in [6.07, 6.45) is 1.86. The molecule has 1 atom stereocenters. The van der Waals surface area contributed by atoms with Gasteiger partial charge in [-0.2, -0.15) is 0 Å². The second-order valence-electron chi connectivity index (χ2n) is 3.80. The van der Waals surface area contributed by atoms with E-state index in [1.165, 1.54) is 0 Å². The molecule has 0 aromatic carbocycles. The van der Waals surface area contributed by atoms with Gasteiger partial charge in [-0.05, 0) is 31.9 Å². The first-order chi connectivity index (χ1) is 8.72. The number of hydrogen-bond acceptors (Lipinski definition) is 6. The SMILES string of the molecule is CCOC(OCC)C(Cc1cccnc1N)NN. The summed E-state index contributed by atoms with van der Waals surface area (Å²) in [6.45, 7) is 4.95. The molecule has 1 heterocycles. The number of nitrogen functional groups attached to an aromatic ring is 1. The topological polar surface area (TPSA) is 95.4 Å². The van der Waals surface area contributed by atoms with Crippen LogP contribution in [0.4, 0.5) is 5.82 Å². The van der Waals surface area contributed by atoms with Crippen LogP contribution in [0.1, 0.15) is 19.4 Å². The molecule has 18 heavy (non-hydrogen) atoms. The van der Waals surface area contributed by atoms with Crippen molar-refractivity contribution < 1.29 is 9.47 Å². The van der Waals surface area contributed by atoms with E-state index in [1.54, 1.807) is 6.20 Å². The van der Waals surface area contributed by atoms with Crippen molar-refractivity contribution in [2.24, 2.45) is 5.84 Å². The highest BCUT2D eigenvalue weighted by molar-refractivity contribution is 5.38. The maximum atomic E-state index is 5.81. The maximum Gasteiger partial charge on any atom is 0.174 e. The van der Waals surface area contributed by atoms with E-state index in [0.29, 0.717) is 25.5 Å². The molecule has 102 valence electrons. The monoisotopic (exact) mass is 254 g/mol. The molecule has 0 fully saturated rings. The van der Waals surface area contributed by atoms with Gasteiger partial charge >= 0.3 is 0 Å². The van der Waals surface area contributed by atoms with Crippen LogP contribution in [0.2, 0.25) is 0 Å². The van der Waals surface area contributed by atoms with Crippen LogP contribution in [0.3, 0.4) is 0 Å². The number of aromatic nitrogens is 1. The van der Waals surface area contributed by atoms with E-state index in [4.69, 9.17) is 21.1 Å². The van der Waals surface area contributed by atoms with E-state index in [1.807, 2.05) is 26.0 Å². The van der Waals surface area contributed by atoms with E-state index >= 15 is 0 Å². The normalized spacial score (nSPS) is 12.9. The zero-order valence-electron chi connectivity index (χ0n) is 10.9. The van der Waals surface area contributed by atoms with Crippen molar-refractivity contribution in [2.45, 2.75) is 32.6 Å². The first-order valence-corrected chi connectivity index (χ1v) is 6.11. The predicted molar refractivity (Wildman–Crippen MR) is 70.5 cm³/mol. The lowest BCUT2D eigenvalue weighted by Crippen LogP contribution is -2.48. The Labute approximate surface area is 108 Å². The van der Waals surface area contributed by atoms with Crippen LogP contribution in [0.5, 0.6) is 0 Å². The smallest absolute Gasteiger partial charge is 0.174 e. The molecule has 6 heteroatoms. The minimum Gasteiger partial charge on any atom is -0.383 e. The summed E-state index contributed by atoms with van der Waals surface area (Å²) in [6, 6.07) is 3.59. The van der Waals surface area contributed by atoms with Crippen molar-refractivity contribution in [3.8, 4) is 0 Å². The molecule has 0 aliphatic heterocycles. The van der Waals surface area contributed by atoms with E-state index in [0.717, 1.165) is 5.56 Å². The van der Waals surface area contributed by atoms with Gasteiger partial charge in [0.1, 0.15) is 5.82 Å². The number of hydrogen-bond donors (Lipinski definition) is 3. The average molecular weight is 254 g/mol. The molecule has 0 saturated heterocycles. The lowest BCUT2D eigenvalue weighted by Gasteiger charge is -2.26. The molecule has 1 unspecified atom stereocenters. The van der Waals surface area contributed by atoms with Crippen LogP contribution in [0.15, 0.2) is 18.3 Å². The molecule has 0 spiro atoms. The number of hydrazine groups is 1. The number of nitrogens with two attached hydrogens (primary N) is 2. The van der Waals surface area contributed by atoms with Gasteiger partial charge in [-0.25, -0.2) is 4.98 Å². The predicted octanol–water partition coefficient (Wildman–Crippen LogP) is 0.437. The molecule has 0 radical (unpaired) electrons. The summed E-state index contributed by atoms with van der Waals surface area (Å²) in [5.74, 6) is 6.07. The van der Waals surface area contributed by atoms with Crippen LogP contribution in [-0.2, 0) is 15.9 Å². The molecular weight excluding hydrogens is 232 g/mol. The molecular formula is C12H22N4O2. The Kier molecular flexibility index (Phi) is 6.59. The molecule has 0 bridgehead atoms. The Morgan fingerprint density at radius 2 is 2.00 bits per heavy atom. The second-order valence-corrected chi connectivity index (χ2v) is 3.80. The fourth-order valence-electron chi connectivity index (χ4n) is 1.70. The highest BCUT2D eigenvalue weighted by Crippen LogP contribution is 2.13. The summed E-state index contributed by atoms with van der Waals surface area (Å²) in [7, 11) is 0. The van der Waals surface area contributed by atoms with Gasteiger partial charge in [0.2, 0.25) is 0 Å². The zero-order chi connectivity index (χ0) is 13.4. The largest absolute Gasteiger partial charge is 0.383 e. The molecule has 1 rings (SSSR count). The third-order valence-corrected chi connectivity index (χ3v) is 2.57. The van der Waals surface area contributed by atoms with E-state index in [2.05, 4.69) is 10.4 Å². The Bertz CT molecular complexity index is 343. The number of rotatable bonds is 8. The fraction of sp³-hybridized carbons (Fsp3) is 0.583. The van der Waals surface area contributed by atoms with E-state index in [-0.39, 0.29) is 6.04 Å². The number of ether oxygens (including phenoxy) is 2.